The number of carbonyl (C=O) groups excluding carboxylic acids is 3. The number of rotatable bonds is 5. The molecule has 3 amide bonds. The molecule has 1 saturated carbocycles. The summed E-state index contributed by atoms with van der Waals surface area (Å²) in [5, 5.41) is 13.4. The lowest BCUT2D eigenvalue weighted by atomic mass is 9.81. The van der Waals surface area contributed by atoms with Crippen LogP contribution in [0.1, 0.15) is 60.0 Å². The lowest BCUT2D eigenvalue weighted by Gasteiger charge is -2.53. The van der Waals surface area contributed by atoms with Gasteiger partial charge in [0.2, 0.25) is 11.8 Å². The van der Waals surface area contributed by atoms with E-state index >= 15 is 0 Å². The van der Waals surface area contributed by atoms with Crippen LogP contribution in [-0.4, -0.2) is 63.9 Å². The van der Waals surface area contributed by atoms with Gasteiger partial charge in [-0.15, -0.1) is 0 Å². The van der Waals surface area contributed by atoms with Crippen molar-refractivity contribution in [2.24, 2.45) is 0 Å². The smallest absolute Gasteiger partial charge is 0.255 e. The van der Waals surface area contributed by atoms with Crippen LogP contribution in [0, 0.1) is 0 Å². The summed E-state index contributed by atoms with van der Waals surface area (Å²) in [5.74, 6) is -0.147. The van der Waals surface area contributed by atoms with E-state index in [0.29, 0.717) is 31.6 Å². The first-order valence-corrected chi connectivity index (χ1v) is 12.9. The number of benzene rings is 2. The molecule has 36 heavy (non-hydrogen) atoms. The number of β-amino-alcohol motifs (C(OH)–C–C–N with tert-alkyl or cyclic N) is 1. The average molecular weight is 490 g/mol. The summed E-state index contributed by atoms with van der Waals surface area (Å²) in [4.78, 5) is 40.7. The van der Waals surface area contributed by atoms with Gasteiger partial charge >= 0.3 is 0 Å². The van der Waals surface area contributed by atoms with E-state index in [1.54, 1.807) is 11.0 Å². The molecule has 3 heterocycles. The first kappa shape index (κ1) is 23.2. The molecular weight excluding hydrogens is 458 g/mol. The van der Waals surface area contributed by atoms with Gasteiger partial charge in [0.15, 0.2) is 0 Å². The molecule has 1 aliphatic carbocycles. The fourth-order valence-electron chi connectivity index (χ4n) is 6.22. The summed E-state index contributed by atoms with van der Waals surface area (Å²) >= 11 is 0. The Labute approximate surface area is 210 Å². The number of imide groups is 1. The Morgan fingerprint density at radius 2 is 1.75 bits per heavy atom. The zero-order chi connectivity index (χ0) is 24.9. The maximum Gasteiger partial charge on any atom is 0.255 e. The van der Waals surface area contributed by atoms with Crippen LogP contribution < -0.4 is 10.1 Å². The molecule has 8 nitrogen and oxygen atoms in total. The predicted octanol–water partition coefficient (Wildman–Crippen LogP) is 2.34. The van der Waals surface area contributed by atoms with Gasteiger partial charge in [-0.05, 0) is 55.0 Å². The number of nitrogens with zero attached hydrogens (tertiary/aromatic N) is 2. The lowest BCUT2D eigenvalue weighted by Crippen LogP contribution is -2.65. The molecular formula is C28H31N3O5. The summed E-state index contributed by atoms with van der Waals surface area (Å²) in [6.07, 6.45) is 4.83. The van der Waals surface area contributed by atoms with Gasteiger partial charge in [0, 0.05) is 37.7 Å². The van der Waals surface area contributed by atoms with Gasteiger partial charge in [-0.1, -0.05) is 36.8 Å². The second-order valence-corrected chi connectivity index (χ2v) is 10.5. The first-order chi connectivity index (χ1) is 17.4. The fraction of sp³-hybridized carbons (Fsp3) is 0.464. The topological polar surface area (TPSA) is 99.2 Å². The molecule has 188 valence electrons. The molecule has 3 unspecified atom stereocenters. The van der Waals surface area contributed by atoms with Crippen molar-refractivity contribution < 1.29 is 24.2 Å². The number of nitrogens with one attached hydrogen (secondary N) is 1. The molecule has 8 heteroatoms. The van der Waals surface area contributed by atoms with Crippen LogP contribution >= 0.6 is 0 Å². The Hall–Kier alpha value is -3.23. The summed E-state index contributed by atoms with van der Waals surface area (Å²) in [6, 6.07) is 15.0. The lowest BCUT2D eigenvalue weighted by molar-refractivity contribution is -0.141. The molecule has 0 spiro atoms. The monoisotopic (exact) mass is 489 g/mol. The Morgan fingerprint density at radius 1 is 0.972 bits per heavy atom. The maximum absolute atomic E-state index is 13.0. The first-order valence-electron chi connectivity index (χ1n) is 12.9. The van der Waals surface area contributed by atoms with Crippen LogP contribution in [-0.2, 0) is 21.7 Å². The van der Waals surface area contributed by atoms with Gasteiger partial charge in [-0.2, -0.15) is 0 Å². The van der Waals surface area contributed by atoms with Gasteiger partial charge in [0.25, 0.3) is 5.91 Å². The van der Waals surface area contributed by atoms with Crippen LogP contribution in [0.3, 0.4) is 0 Å². The Kier molecular flexibility index (Phi) is 5.80. The quantitative estimate of drug-likeness (QED) is 0.626. The summed E-state index contributed by atoms with van der Waals surface area (Å²) in [5.41, 5.74) is 1.58. The van der Waals surface area contributed by atoms with Crippen LogP contribution in [0.2, 0.25) is 0 Å². The largest absolute Gasteiger partial charge is 0.489 e. The molecule has 2 aromatic carbocycles. The zero-order valence-corrected chi connectivity index (χ0v) is 20.2. The van der Waals surface area contributed by atoms with E-state index in [0.717, 1.165) is 42.6 Å². The maximum atomic E-state index is 13.0. The minimum absolute atomic E-state index is 0.0143. The van der Waals surface area contributed by atoms with Crippen LogP contribution in [0.5, 0.6) is 5.75 Å². The normalized spacial score (nSPS) is 27.9. The van der Waals surface area contributed by atoms with E-state index in [2.05, 4.69) is 10.2 Å². The molecule has 2 aromatic rings. The van der Waals surface area contributed by atoms with Crippen molar-refractivity contribution in [1.82, 2.24) is 15.1 Å². The van der Waals surface area contributed by atoms with Crippen molar-refractivity contribution in [2.75, 3.05) is 13.1 Å². The van der Waals surface area contributed by atoms with E-state index < -0.39 is 17.6 Å². The Bertz CT molecular complexity index is 1190. The highest BCUT2D eigenvalue weighted by molar-refractivity contribution is 6.05. The third-order valence-corrected chi connectivity index (χ3v) is 8.16. The van der Waals surface area contributed by atoms with E-state index in [4.69, 9.17) is 4.74 Å². The molecule has 0 bridgehead atoms. The molecule has 0 aromatic heterocycles. The standard InChI is InChI=1S/C28H31N3O5/c32-25-13-12-23(26(33)29-25)31-15-18-14-20(10-11-21(18)27(31)34)36-24-9-5-4-8-22(24)30-16-28(35,17-30)19-6-2-1-3-7-19/h1-3,6-7,10-11,14,22-24,35H,4-5,8-9,12-13,15-17H2,(H,29,32,33). The molecule has 2 saturated heterocycles. The second-order valence-electron chi connectivity index (χ2n) is 10.5. The minimum Gasteiger partial charge on any atom is -0.489 e. The third kappa shape index (κ3) is 4.08. The number of amides is 3. The summed E-state index contributed by atoms with van der Waals surface area (Å²) in [6.45, 7) is 1.53. The van der Waals surface area contributed by atoms with Crippen molar-refractivity contribution in [3.63, 3.8) is 0 Å². The molecule has 4 aliphatic rings. The third-order valence-electron chi connectivity index (χ3n) is 8.16. The van der Waals surface area contributed by atoms with Crippen molar-refractivity contribution in [2.45, 2.75) is 68.9 Å². The number of hydrogen-bond donors (Lipinski definition) is 2. The number of fused-ring (bicyclic) bond motifs is 1. The number of likely N-dealkylation sites (tertiary alicyclic amines) is 1. The van der Waals surface area contributed by atoms with Crippen molar-refractivity contribution in [1.29, 1.82) is 0 Å². The number of hydrogen-bond acceptors (Lipinski definition) is 6. The molecule has 3 fully saturated rings. The van der Waals surface area contributed by atoms with Crippen LogP contribution in [0.15, 0.2) is 48.5 Å². The average Bonchev–Trinajstić information content (AvgIpc) is 3.18. The molecule has 6 rings (SSSR count). The molecule has 3 atom stereocenters. The highest BCUT2D eigenvalue weighted by Crippen LogP contribution is 2.38. The minimum atomic E-state index is -0.809. The highest BCUT2D eigenvalue weighted by Gasteiger charge is 2.48. The number of ether oxygens (including phenoxy) is 1. The van der Waals surface area contributed by atoms with Gasteiger partial charge < -0.3 is 14.7 Å². The molecule has 0 radical (unpaired) electrons. The summed E-state index contributed by atoms with van der Waals surface area (Å²) < 4.78 is 6.50. The van der Waals surface area contributed by atoms with E-state index in [1.165, 1.54) is 0 Å². The zero-order valence-electron chi connectivity index (χ0n) is 20.2. The highest BCUT2D eigenvalue weighted by atomic mass is 16.5. The second kappa shape index (κ2) is 9.01. The van der Waals surface area contributed by atoms with Crippen LogP contribution in [0.4, 0.5) is 0 Å². The number of aliphatic hydroxyl groups is 1. The van der Waals surface area contributed by atoms with Crippen LogP contribution in [0.25, 0.3) is 0 Å². The molecule has 2 N–H and O–H groups in total. The summed E-state index contributed by atoms with van der Waals surface area (Å²) in [7, 11) is 0. The predicted molar refractivity (Wildman–Crippen MR) is 131 cm³/mol. The van der Waals surface area contributed by atoms with Gasteiger partial charge in [-0.3, -0.25) is 24.6 Å². The van der Waals surface area contributed by atoms with Crippen molar-refractivity contribution in [3.05, 3.63) is 65.2 Å². The van der Waals surface area contributed by atoms with Crippen molar-refractivity contribution in [3.8, 4) is 5.75 Å². The SMILES string of the molecule is O=C1CCC(N2Cc3cc(OC4CCCCC4N4CC(O)(c5ccccc5)C4)ccc3C2=O)C(=O)N1. The van der Waals surface area contributed by atoms with E-state index in [1.807, 2.05) is 42.5 Å². The van der Waals surface area contributed by atoms with E-state index in [9.17, 15) is 19.5 Å². The van der Waals surface area contributed by atoms with E-state index in [-0.39, 0.29) is 30.4 Å². The Balaban J connectivity index is 1.13. The fourth-order valence-corrected chi connectivity index (χ4v) is 6.22. The van der Waals surface area contributed by atoms with Crippen molar-refractivity contribution >= 4 is 17.7 Å². The number of carbonyl (C=O) groups is 3. The van der Waals surface area contributed by atoms with Gasteiger partial charge in [0.1, 0.15) is 23.5 Å². The Morgan fingerprint density at radius 3 is 2.53 bits per heavy atom. The van der Waals surface area contributed by atoms with Gasteiger partial charge in [-0.25, -0.2) is 0 Å². The number of piperidine rings is 1. The molecule has 3 aliphatic heterocycles. The van der Waals surface area contributed by atoms with Gasteiger partial charge in [0.05, 0.1) is 0 Å².